The molecule has 110 valence electrons. The van der Waals surface area contributed by atoms with Gasteiger partial charge in [-0.1, -0.05) is 0 Å². The SMILES string of the molecule is CN(C)c1ccc(C(=O)NC(C)(C)CCC(=O)O)cn1. The zero-order valence-electron chi connectivity index (χ0n) is 12.3. The molecule has 1 heterocycles. The van der Waals surface area contributed by atoms with E-state index in [0.29, 0.717) is 12.0 Å². The molecule has 0 aliphatic heterocycles. The number of hydrogen-bond donors (Lipinski definition) is 2. The van der Waals surface area contributed by atoms with Crippen molar-refractivity contribution in [2.75, 3.05) is 19.0 Å². The minimum atomic E-state index is -0.871. The van der Waals surface area contributed by atoms with Gasteiger partial charge in [0.15, 0.2) is 0 Å². The monoisotopic (exact) mass is 279 g/mol. The Morgan fingerprint density at radius 2 is 2.00 bits per heavy atom. The number of carbonyl (C=O) groups is 2. The number of rotatable bonds is 6. The summed E-state index contributed by atoms with van der Waals surface area (Å²) in [6.45, 7) is 3.60. The number of carbonyl (C=O) groups excluding carboxylic acids is 1. The summed E-state index contributed by atoms with van der Waals surface area (Å²) < 4.78 is 0. The second kappa shape index (κ2) is 6.36. The molecule has 1 amide bonds. The van der Waals surface area contributed by atoms with Crippen LogP contribution in [0.3, 0.4) is 0 Å². The van der Waals surface area contributed by atoms with Crippen molar-refractivity contribution in [1.29, 1.82) is 0 Å². The van der Waals surface area contributed by atoms with E-state index in [2.05, 4.69) is 10.3 Å². The number of amides is 1. The highest BCUT2D eigenvalue weighted by Crippen LogP contribution is 2.13. The van der Waals surface area contributed by atoms with Gasteiger partial charge in [-0.15, -0.1) is 0 Å². The Hall–Kier alpha value is -2.11. The highest BCUT2D eigenvalue weighted by Gasteiger charge is 2.22. The van der Waals surface area contributed by atoms with Crippen molar-refractivity contribution in [2.24, 2.45) is 0 Å². The van der Waals surface area contributed by atoms with Crippen molar-refractivity contribution in [3.8, 4) is 0 Å². The summed E-state index contributed by atoms with van der Waals surface area (Å²) >= 11 is 0. The summed E-state index contributed by atoms with van der Waals surface area (Å²) in [4.78, 5) is 28.7. The largest absolute Gasteiger partial charge is 0.481 e. The van der Waals surface area contributed by atoms with Gasteiger partial charge in [0.2, 0.25) is 0 Å². The number of carboxylic acids is 1. The number of pyridine rings is 1. The molecule has 1 rings (SSSR count). The van der Waals surface area contributed by atoms with Gasteiger partial charge in [0.25, 0.3) is 5.91 Å². The van der Waals surface area contributed by atoms with Crippen LogP contribution < -0.4 is 10.2 Å². The lowest BCUT2D eigenvalue weighted by Crippen LogP contribution is -2.43. The molecule has 0 unspecified atom stereocenters. The lowest BCUT2D eigenvalue weighted by atomic mass is 9.98. The van der Waals surface area contributed by atoms with Gasteiger partial charge in [-0.05, 0) is 32.4 Å². The molecule has 0 aliphatic rings. The molecule has 6 nitrogen and oxygen atoms in total. The number of aliphatic carboxylic acids is 1. The fraction of sp³-hybridized carbons (Fsp3) is 0.500. The van der Waals surface area contributed by atoms with Gasteiger partial charge < -0.3 is 15.3 Å². The number of hydrogen-bond acceptors (Lipinski definition) is 4. The second-order valence-corrected chi connectivity index (χ2v) is 5.53. The van der Waals surface area contributed by atoms with Crippen LogP contribution in [0.5, 0.6) is 0 Å². The van der Waals surface area contributed by atoms with Crippen molar-refractivity contribution in [3.05, 3.63) is 23.9 Å². The van der Waals surface area contributed by atoms with Crippen molar-refractivity contribution in [1.82, 2.24) is 10.3 Å². The van der Waals surface area contributed by atoms with Crippen LogP contribution >= 0.6 is 0 Å². The summed E-state index contributed by atoms with van der Waals surface area (Å²) in [5, 5.41) is 11.5. The Morgan fingerprint density at radius 1 is 1.35 bits per heavy atom. The summed E-state index contributed by atoms with van der Waals surface area (Å²) in [5.74, 6) is -0.353. The highest BCUT2D eigenvalue weighted by atomic mass is 16.4. The molecule has 6 heteroatoms. The predicted octanol–water partition coefficient (Wildman–Crippen LogP) is 1.52. The number of carboxylic acid groups (broad SMARTS) is 1. The molecule has 1 aromatic heterocycles. The first-order valence-electron chi connectivity index (χ1n) is 6.39. The maximum absolute atomic E-state index is 12.1. The fourth-order valence-corrected chi connectivity index (χ4v) is 1.65. The molecule has 0 radical (unpaired) electrons. The molecule has 20 heavy (non-hydrogen) atoms. The van der Waals surface area contributed by atoms with Gasteiger partial charge in [0.1, 0.15) is 5.82 Å². The van der Waals surface area contributed by atoms with Gasteiger partial charge in [0, 0.05) is 32.3 Å². The Bertz CT molecular complexity index is 481. The topological polar surface area (TPSA) is 82.5 Å². The van der Waals surface area contributed by atoms with E-state index in [1.165, 1.54) is 6.20 Å². The minimum Gasteiger partial charge on any atom is -0.481 e. The molecule has 0 fully saturated rings. The van der Waals surface area contributed by atoms with Gasteiger partial charge in [0.05, 0.1) is 5.56 Å². The van der Waals surface area contributed by atoms with Crippen LogP contribution in [0.2, 0.25) is 0 Å². The molecular weight excluding hydrogens is 258 g/mol. The van der Waals surface area contributed by atoms with E-state index in [4.69, 9.17) is 5.11 Å². The third-order valence-corrected chi connectivity index (χ3v) is 2.88. The summed E-state index contributed by atoms with van der Waals surface area (Å²) in [5.41, 5.74) is -0.116. The summed E-state index contributed by atoms with van der Waals surface area (Å²) in [7, 11) is 3.74. The van der Waals surface area contributed by atoms with Crippen LogP contribution in [0.25, 0.3) is 0 Å². The molecule has 0 saturated heterocycles. The van der Waals surface area contributed by atoms with Crippen LogP contribution in [-0.4, -0.2) is 41.6 Å². The van der Waals surface area contributed by atoms with Crippen LogP contribution in [0.4, 0.5) is 5.82 Å². The van der Waals surface area contributed by atoms with Crippen molar-refractivity contribution >= 4 is 17.7 Å². The van der Waals surface area contributed by atoms with Crippen LogP contribution in [-0.2, 0) is 4.79 Å². The molecule has 0 bridgehead atoms. The average Bonchev–Trinajstić information content (AvgIpc) is 2.36. The molecule has 0 atom stereocenters. The number of nitrogens with one attached hydrogen (secondary N) is 1. The van der Waals surface area contributed by atoms with Crippen molar-refractivity contribution in [3.63, 3.8) is 0 Å². The second-order valence-electron chi connectivity index (χ2n) is 5.53. The lowest BCUT2D eigenvalue weighted by Gasteiger charge is -2.25. The van der Waals surface area contributed by atoms with Gasteiger partial charge in [-0.3, -0.25) is 9.59 Å². The Balaban J connectivity index is 2.68. The lowest BCUT2D eigenvalue weighted by molar-refractivity contribution is -0.137. The molecule has 1 aromatic rings. The number of aromatic nitrogens is 1. The maximum Gasteiger partial charge on any atom is 0.303 e. The Morgan fingerprint density at radius 3 is 2.45 bits per heavy atom. The van der Waals surface area contributed by atoms with E-state index in [1.807, 2.05) is 19.0 Å². The van der Waals surface area contributed by atoms with Gasteiger partial charge in [-0.2, -0.15) is 0 Å². The van der Waals surface area contributed by atoms with Crippen LogP contribution in [0, 0.1) is 0 Å². The summed E-state index contributed by atoms with van der Waals surface area (Å²) in [6.07, 6.45) is 1.90. The van der Waals surface area contributed by atoms with E-state index in [0.717, 1.165) is 5.82 Å². The molecule has 0 aliphatic carbocycles. The summed E-state index contributed by atoms with van der Waals surface area (Å²) in [6, 6.07) is 3.46. The average molecular weight is 279 g/mol. The third kappa shape index (κ3) is 4.87. The van der Waals surface area contributed by atoms with Crippen molar-refractivity contribution in [2.45, 2.75) is 32.2 Å². The first kappa shape index (κ1) is 15.9. The van der Waals surface area contributed by atoms with Crippen molar-refractivity contribution < 1.29 is 14.7 Å². The smallest absolute Gasteiger partial charge is 0.303 e. The minimum absolute atomic E-state index is 0.0189. The fourth-order valence-electron chi connectivity index (χ4n) is 1.65. The molecule has 0 saturated carbocycles. The number of anilines is 1. The normalized spacial score (nSPS) is 11.0. The Labute approximate surface area is 118 Å². The van der Waals surface area contributed by atoms with E-state index >= 15 is 0 Å². The highest BCUT2D eigenvalue weighted by molar-refractivity contribution is 5.94. The van der Waals surface area contributed by atoms with E-state index in [9.17, 15) is 9.59 Å². The first-order chi connectivity index (χ1) is 9.21. The van der Waals surface area contributed by atoms with Crippen LogP contribution in [0.15, 0.2) is 18.3 Å². The zero-order valence-corrected chi connectivity index (χ0v) is 12.3. The molecule has 2 N–H and O–H groups in total. The van der Waals surface area contributed by atoms with Gasteiger partial charge in [-0.25, -0.2) is 4.98 Å². The number of nitrogens with zero attached hydrogens (tertiary/aromatic N) is 2. The van der Waals surface area contributed by atoms with Crippen LogP contribution in [0.1, 0.15) is 37.0 Å². The van der Waals surface area contributed by atoms with E-state index < -0.39 is 11.5 Å². The molecule has 0 spiro atoms. The quantitative estimate of drug-likeness (QED) is 0.825. The standard InChI is InChI=1S/C14H21N3O3/c1-14(2,8-7-12(18)19)16-13(20)10-5-6-11(15-9-10)17(3)4/h5-6,9H,7-8H2,1-4H3,(H,16,20)(H,18,19). The molecule has 0 aromatic carbocycles. The predicted molar refractivity (Wildman–Crippen MR) is 77.0 cm³/mol. The maximum atomic E-state index is 12.1. The third-order valence-electron chi connectivity index (χ3n) is 2.88. The van der Waals surface area contributed by atoms with E-state index in [-0.39, 0.29) is 12.3 Å². The Kier molecular flexibility index (Phi) is 5.07. The van der Waals surface area contributed by atoms with E-state index in [1.54, 1.807) is 26.0 Å². The molecular formula is C14H21N3O3. The first-order valence-corrected chi connectivity index (χ1v) is 6.39. The van der Waals surface area contributed by atoms with Gasteiger partial charge >= 0.3 is 5.97 Å². The zero-order chi connectivity index (χ0) is 15.3.